The van der Waals surface area contributed by atoms with Crippen molar-refractivity contribution in [2.24, 2.45) is 11.5 Å². The number of likely N-dealkylation sites (tertiary alicyclic amines) is 1. The highest BCUT2D eigenvalue weighted by atomic mass is 15.1. The van der Waals surface area contributed by atoms with E-state index in [0.717, 1.165) is 19.5 Å². The summed E-state index contributed by atoms with van der Waals surface area (Å²) in [5, 5.41) is 0. The molecule has 1 fully saturated rings. The van der Waals surface area contributed by atoms with Crippen molar-refractivity contribution in [2.75, 3.05) is 32.7 Å². The molecule has 0 unspecified atom stereocenters. The molecule has 98 valence electrons. The summed E-state index contributed by atoms with van der Waals surface area (Å²) < 4.78 is 0. The van der Waals surface area contributed by atoms with Crippen LogP contribution in [0.4, 0.5) is 0 Å². The van der Waals surface area contributed by atoms with Crippen molar-refractivity contribution in [2.45, 2.75) is 51.9 Å². The Hall–Kier alpha value is -0.120. The molecular weight excluding hydrogens is 198 g/mol. The summed E-state index contributed by atoms with van der Waals surface area (Å²) in [6, 6.07) is 0. The van der Waals surface area contributed by atoms with Crippen molar-refractivity contribution >= 4 is 0 Å². The van der Waals surface area contributed by atoms with Gasteiger partial charge in [-0.05, 0) is 64.8 Å². The van der Waals surface area contributed by atoms with Gasteiger partial charge in [0, 0.05) is 0 Å². The molecule has 0 aromatic rings. The van der Waals surface area contributed by atoms with Crippen LogP contribution in [-0.4, -0.2) is 37.6 Å². The highest BCUT2D eigenvalue weighted by molar-refractivity contribution is 4.64. The van der Waals surface area contributed by atoms with Crippen LogP contribution in [-0.2, 0) is 0 Å². The summed E-state index contributed by atoms with van der Waals surface area (Å²) in [4.78, 5) is 2.60. The Kier molecular flexibility index (Phi) is 12.9. The first-order valence-electron chi connectivity index (χ1n) is 6.97. The van der Waals surface area contributed by atoms with Gasteiger partial charge in [-0.15, -0.1) is 0 Å². The lowest BCUT2D eigenvalue weighted by molar-refractivity contribution is 0.224. The number of rotatable bonds is 6. The minimum Gasteiger partial charge on any atom is -0.330 e. The van der Waals surface area contributed by atoms with Gasteiger partial charge in [0.25, 0.3) is 0 Å². The Morgan fingerprint density at radius 1 is 0.875 bits per heavy atom. The maximum atomic E-state index is 5.43. The Bertz CT molecular complexity index is 120. The van der Waals surface area contributed by atoms with Gasteiger partial charge in [0.1, 0.15) is 0 Å². The topological polar surface area (TPSA) is 55.3 Å². The smallest absolute Gasteiger partial charge is 0.00187 e. The Morgan fingerprint density at radius 2 is 1.50 bits per heavy atom. The van der Waals surface area contributed by atoms with E-state index < -0.39 is 0 Å². The molecule has 0 amide bonds. The predicted molar refractivity (Wildman–Crippen MR) is 72.5 cm³/mol. The third-order valence-electron chi connectivity index (χ3n) is 2.92. The third-order valence-corrected chi connectivity index (χ3v) is 2.92. The highest BCUT2D eigenvalue weighted by Crippen LogP contribution is 2.09. The van der Waals surface area contributed by atoms with Crippen molar-refractivity contribution in [1.29, 1.82) is 0 Å². The van der Waals surface area contributed by atoms with Crippen molar-refractivity contribution < 1.29 is 0 Å². The maximum Gasteiger partial charge on any atom is -0.00187 e. The number of hydrogen-bond acceptors (Lipinski definition) is 3. The molecule has 0 aromatic carbocycles. The van der Waals surface area contributed by atoms with Crippen LogP contribution < -0.4 is 11.5 Å². The lowest BCUT2D eigenvalue weighted by Crippen LogP contribution is -2.30. The van der Waals surface area contributed by atoms with Crippen molar-refractivity contribution in [3.05, 3.63) is 0 Å². The first-order chi connectivity index (χ1) is 7.85. The number of nitrogens with two attached hydrogens (primary N) is 2. The largest absolute Gasteiger partial charge is 0.330 e. The monoisotopic (exact) mass is 229 g/mol. The van der Waals surface area contributed by atoms with Gasteiger partial charge < -0.3 is 16.4 Å². The molecule has 0 spiro atoms. The van der Waals surface area contributed by atoms with Crippen LogP contribution >= 0.6 is 0 Å². The van der Waals surface area contributed by atoms with Gasteiger partial charge in [-0.25, -0.2) is 0 Å². The normalized spacial score (nSPS) is 16.7. The Morgan fingerprint density at radius 3 is 2.00 bits per heavy atom. The second-order valence-electron chi connectivity index (χ2n) is 4.54. The number of piperidine rings is 1. The van der Waals surface area contributed by atoms with Crippen LogP contribution in [0.25, 0.3) is 0 Å². The first-order valence-corrected chi connectivity index (χ1v) is 6.97. The zero-order valence-electron chi connectivity index (χ0n) is 11.1. The van der Waals surface area contributed by atoms with Crippen LogP contribution in [0.1, 0.15) is 51.9 Å². The zero-order valence-corrected chi connectivity index (χ0v) is 11.1. The average molecular weight is 229 g/mol. The lowest BCUT2D eigenvalue weighted by atomic mass is 10.1. The van der Waals surface area contributed by atoms with Gasteiger partial charge >= 0.3 is 0 Å². The molecule has 0 saturated carbocycles. The van der Waals surface area contributed by atoms with Crippen molar-refractivity contribution in [3.8, 4) is 0 Å². The van der Waals surface area contributed by atoms with E-state index in [1.54, 1.807) is 0 Å². The van der Waals surface area contributed by atoms with E-state index in [1.807, 2.05) is 0 Å². The van der Waals surface area contributed by atoms with Gasteiger partial charge in [0.15, 0.2) is 0 Å². The highest BCUT2D eigenvalue weighted by Gasteiger charge is 2.08. The van der Waals surface area contributed by atoms with E-state index in [2.05, 4.69) is 11.8 Å². The summed E-state index contributed by atoms with van der Waals surface area (Å²) in [6.07, 6.45) is 9.23. The lowest BCUT2D eigenvalue weighted by Gasteiger charge is -2.26. The molecule has 0 atom stereocenters. The second-order valence-corrected chi connectivity index (χ2v) is 4.54. The fourth-order valence-electron chi connectivity index (χ4n) is 1.84. The minimum absolute atomic E-state index is 0.819. The number of hydrogen-bond donors (Lipinski definition) is 2. The molecule has 1 aliphatic rings. The molecule has 3 nitrogen and oxygen atoms in total. The molecule has 1 saturated heterocycles. The van der Waals surface area contributed by atoms with Gasteiger partial charge in [-0.3, -0.25) is 0 Å². The van der Waals surface area contributed by atoms with Crippen LogP contribution in [0.2, 0.25) is 0 Å². The summed E-state index contributed by atoms with van der Waals surface area (Å²) in [6.45, 7) is 7.71. The summed E-state index contributed by atoms with van der Waals surface area (Å²) in [7, 11) is 0. The fraction of sp³-hybridized carbons (Fsp3) is 1.00. The summed E-state index contributed by atoms with van der Waals surface area (Å²) in [5.41, 5.74) is 10.5. The molecule has 1 heterocycles. The average Bonchev–Trinajstić information content (AvgIpc) is 2.36. The van der Waals surface area contributed by atoms with Crippen molar-refractivity contribution in [1.82, 2.24) is 4.90 Å². The van der Waals surface area contributed by atoms with E-state index in [1.165, 1.54) is 58.2 Å². The van der Waals surface area contributed by atoms with E-state index in [9.17, 15) is 0 Å². The van der Waals surface area contributed by atoms with Crippen molar-refractivity contribution in [3.63, 3.8) is 0 Å². The standard InChI is InChI=1S/C10H22N2.C3H9N/c11-7-3-1-4-8-12-9-5-2-6-10-12;1-2-3-4/h1-11H2;2-4H2,1H3. The van der Waals surface area contributed by atoms with Gasteiger partial charge in [0.05, 0.1) is 0 Å². The quantitative estimate of drug-likeness (QED) is 0.685. The zero-order chi connectivity index (χ0) is 12.1. The molecule has 1 aliphatic heterocycles. The van der Waals surface area contributed by atoms with E-state index in [-0.39, 0.29) is 0 Å². The minimum atomic E-state index is 0.819. The third kappa shape index (κ3) is 10.4. The maximum absolute atomic E-state index is 5.43. The van der Waals surface area contributed by atoms with E-state index >= 15 is 0 Å². The van der Waals surface area contributed by atoms with Crippen LogP contribution in [0.15, 0.2) is 0 Å². The Balaban J connectivity index is 0.000000487. The van der Waals surface area contributed by atoms with E-state index in [0.29, 0.717) is 0 Å². The fourth-order valence-corrected chi connectivity index (χ4v) is 1.84. The van der Waals surface area contributed by atoms with Gasteiger partial charge in [0.2, 0.25) is 0 Å². The molecule has 0 aromatic heterocycles. The molecule has 0 aliphatic carbocycles. The van der Waals surface area contributed by atoms with Gasteiger partial charge in [-0.1, -0.05) is 19.8 Å². The van der Waals surface area contributed by atoms with Gasteiger partial charge in [-0.2, -0.15) is 0 Å². The Labute approximate surface area is 102 Å². The second kappa shape index (κ2) is 12.9. The molecule has 0 bridgehead atoms. The van der Waals surface area contributed by atoms with Crippen LogP contribution in [0.5, 0.6) is 0 Å². The molecule has 16 heavy (non-hydrogen) atoms. The summed E-state index contributed by atoms with van der Waals surface area (Å²) >= 11 is 0. The SMILES string of the molecule is CCCN.NCCCCCN1CCCCC1. The molecule has 1 rings (SSSR count). The number of unbranched alkanes of at least 4 members (excludes halogenated alkanes) is 2. The molecular formula is C13H31N3. The predicted octanol–water partition coefficient (Wildman–Crippen LogP) is 1.96. The molecule has 4 N–H and O–H groups in total. The number of nitrogens with zero attached hydrogens (tertiary/aromatic N) is 1. The molecule has 0 radical (unpaired) electrons. The molecule has 3 heteroatoms. The first kappa shape index (κ1) is 15.9. The van der Waals surface area contributed by atoms with Crippen LogP contribution in [0.3, 0.4) is 0 Å². The van der Waals surface area contributed by atoms with E-state index in [4.69, 9.17) is 11.5 Å². The van der Waals surface area contributed by atoms with Crippen LogP contribution in [0, 0.1) is 0 Å². The summed E-state index contributed by atoms with van der Waals surface area (Å²) in [5.74, 6) is 0.